The molecule has 2 aliphatic heterocycles. The molecule has 0 saturated carbocycles. The molecule has 2 aliphatic rings. The van der Waals surface area contributed by atoms with Crippen molar-refractivity contribution in [2.24, 2.45) is 0 Å². The number of halogens is 1. The van der Waals surface area contributed by atoms with E-state index >= 15 is 0 Å². The number of likely N-dealkylation sites (tertiary alicyclic amines) is 1. The molecule has 2 atom stereocenters. The average Bonchev–Trinajstić information content (AvgIpc) is 3.05. The van der Waals surface area contributed by atoms with Crippen LogP contribution in [-0.2, 0) is 4.79 Å². The van der Waals surface area contributed by atoms with Gasteiger partial charge in [-0.05, 0) is 44.4 Å². The van der Waals surface area contributed by atoms with Crippen molar-refractivity contribution in [3.8, 4) is 0 Å². The van der Waals surface area contributed by atoms with Gasteiger partial charge in [-0.1, -0.05) is 18.2 Å². The first-order valence-electron chi connectivity index (χ1n) is 8.13. The molecule has 0 spiro atoms. The second kappa shape index (κ2) is 8.31. The molecule has 0 radical (unpaired) electrons. The molecule has 23 heavy (non-hydrogen) atoms. The number of nitrogens with zero attached hydrogens (tertiary/aromatic N) is 1. The molecular formula is C17H24ClN3O2. The largest absolute Gasteiger partial charge is 0.350 e. The van der Waals surface area contributed by atoms with Crippen molar-refractivity contribution >= 4 is 24.2 Å². The van der Waals surface area contributed by atoms with Gasteiger partial charge in [-0.25, -0.2) is 0 Å². The number of piperidine rings is 1. The highest BCUT2D eigenvalue weighted by atomic mass is 35.5. The molecule has 0 bridgehead atoms. The summed E-state index contributed by atoms with van der Waals surface area (Å²) in [4.78, 5) is 26.8. The molecule has 0 aliphatic carbocycles. The van der Waals surface area contributed by atoms with E-state index in [0.29, 0.717) is 12.1 Å². The minimum absolute atomic E-state index is 0. The fraction of sp³-hybridized carbons (Fsp3) is 0.529. The molecule has 1 aromatic rings. The highest BCUT2D eigenvalue weighted by Gasteiger charge is 2.35. The summed E-state index contributed by atoms with van der Waals surface area (Å²) in [5.41, 5.74) is 0.654. The van der Waals surface area contributed by atoms with E-state index in [2.05, 4.69) is 10.6 Å². The van der Waals surface area contributed by atoms with Gasteiger partial charge in [0.2, 0.25) is 5.91 Å². The van der Waals surface area contributed by atoms with Crippen molar-refractivity contribution in [1.82, 2.24) is 15.5 Å². The molecule has 0 aromatic heterocycles. The number of hydrogen-bond acceptors (Lipinski definition) is 3. The standard InChI is InChI=1S/C17H23N3O2.ClH/c21-16(19-14-8-4-10-18-12-14)15-9-5-11-20(15)17(22)13-6-2-1-3-7-13;/h1-3,6-7,14-15,18H,4-5,8-12H2,(H,19,21);1H/t14-,15?;/m0./s1. The summed E-state index contributed by atoms with van der Waals surface area (Å²) < 4.78 is 0. The maximum Gasteiger partial charge on any atom is 0.254 e. The Balaban J connectivity index is 0.00000192. The zero-order valence-electron chi connectivity index (χ0n) is 13.2. The third-order valence-electron chi connectivity index (χ3n) is 4.48. The van der Waals surface area contributed by atoms with Crippen molar-refractivity contribution in [2.75, 3.05) is 19.6 Å². The van der Waals surface area contributed by atoms with Crippen LogP contribution >= 0.6 is 12.4 Å². The van der Waals surface area contributed by atoms with E-state index < -0.39 is 0 Å². The van der Waals surface area contributed by atoms with Crippen molar-refractivity contribution in [1.29, 1.82) is 0 Å². The number of amides is 2. The molecule has 1 aromatic carbocycles. The van der Waals surface area contributed by atoms with Crippen LogP contribution in [0.3, 0.4) is 0 Å². The first-order chi connectivity index (χ1) is 10.8. The van der Waals surface area contributed by atoms with E-state index in [1.807, 2.05) is 18.2 Å². The minimum atomic E-state index is -0.324. The highest BCUT2D eigenvalue weighted by Crippen LogP contribution is 2.20. The van der Waals surface area contributed by atoms with Crippen LogP contribution in [0.1, 0.15) is 36.0 Å². The van der Waals surface area contributed by atoms with Gasteiger partial charge in [0, 0.05) is 24.7 Å². The van der Waals surface area contributed by atoms with Crippen LogP contribution in [0, 0.1) is 0 Å². The number of rotatable bonds is 3. The fourth-order valence-corrected chi connectivity index (χ4v) is 3.30. The van der Waals surface area contributed by atoms with Crippen LogP contribution in [0.2, 0.25) is 0 Å². The van der Waals surface area contributed by atoms with Crippen LogP contribution in [0.25, 0.3) is 0 Å². The van der Waals surface area contributed by atoms with Gasteiger partial charge in [0.15, 0.2) is 0 Å². The normalized spacial score (nSPS) is 23.9. The SMILES string of the molecule is Cl.O=C(N[C@H]1CCCNC1)C1CCCN1C(=O)c1ccccc1. The summed E-state index contributed by atoms with van der Waals surface area (Å²) >= 11 is 0. The topological polar surface area (TPSA) is 61.4 Å². The lowest BCUT2D eigenvalue weighted by atomic mass is 10.1. The van der Waals surface area contributed by atoms with E-state index in [1.54, 1.807) is 17.0 Å². The van der Waals surface area contributed by atoms with Gasteiger partial charge in [0.05, 0.1) is 0 Å². The van der Waals surface area contributed by atoms with Gasteiger partial charge in [0.25, 0.3) is 5.91 Å². The molecular weight excluding hydrogens is 314 g/mol. The summed E-state index contributed by atoms with van der Waals surface area (Å²) in [7, 11) is 0. The highest BCUT2D eigenvalue weighted by molar-refractivity contribution is 5.98. The summed E-state index contributed by atoms with van der Waals surface area (Å²) in [6.45, 7) is 2.51. The van der Waals surface area contributed by atoms with Crippen LogP contribution in [0.5, 0.6) is 0 Å². The molecule has 2 amide bonds. The van der Waals surface area contributed by atoms with Crippen molar-refractivity contribution in [3.05, 3.63) is 35.9 Å². The van der Waals surface area contributed by atoms with Crippen molar-refractivity contribution in [3.63, 3.8) is 0 Å². The molecule has 3 rings (SSSR count). The second-order valence-corrected chi connectivity index (χ2v) is 6.07. The van der Waals surface area contributed by atoms with Crippen LogP contribution in [-0.4, -0.2) is 48.4 Å². The third-order valence-corrected chi connectivity index (χ3v) is 4.48. The molecule has 126 valence electrons. The van der Waals surface area contributed by atoms with Gasteiger partial charge in [-0.3, -0.25) is 9.59 Å². The maximum atomic E-state index is 12.6. The Morgan fingerprint density at radius 2 is 1.91 bits per heavy atom. The number of nitrogens with one attached hydrogen (secondary N) is 2. The molecule has 6 heteroatoms. The molecule has 2 fully saturated rings. The van der Waals surface area contributed by atoms with Gasteiger partial charge in [-0.15, -0.1) is 12.4 Å². The maximum absolute atomic E-state index is 12.6. The van der Waals surface area contributed by atoms with E-state index in [1.165, 1.54) is 0 Å². The predicted molar refractivity (Wildman–Crippen MR) is 91.8 cm³/mol. The van der Waals surface area contributed by atoms with Crippen molar-refractivity contribution in [2.45, 2.75) is 37.8 Å². The summed E-state index contributed by atoms with van der Waals surface area (Å²) in [5, 5.41) is 6.40. The lowest BCUT2D eigenvalue weighted by Crippen LogP contribution is -2.52. The summed E-state index contributed by atoms with van der Waals surface area (Å²) in [6.07, 6.45) is 3.74. The molecule has 2 saturated heterocycles. The van der Waals surface area contributed by atoms with Crippen LogP contribution < -0.4 is 10.6 Å². The van der Waals surface area contributed by atoms with Crippen LogP contribution in [0.4, 0.5) is 0 Å². The minimum Gasteiger partial charge on any atom is -0.350 e. The third kappa shape index (κ3) is 4.24. The number of carbonyl (C=O) groups excluding carboxylic acids is 2. The first-order valence-corrected chi connectivity index (χ1v) is 8.13. The smallest absolute Gasteiger partial charge is 0.254 e. The van der Waals surface area contributed by atoms with Gasteiger partial charge >= 0.3 is 0 Å². The Hall–Kier alpha value is -1.59. The second-order valence-electron chi connectivity index (χ2n) is 6.07. The van der Waals surface area contributed by atoms with E-state index in [4.69, 9.17) is 0 Å². The quantitative estimate of drug-likeness (QED) is 0.880. The Bertz CT molecular complexity index is 532. The lowest BCUT2D eigenvalue weighted by molar-refractivity contribution is -0.125. The molecule has 2 N–H and O–H groups in total. The molecule has 2 heterocycles. The molecule has 1 unspecified atom stereocenters. The van der Waals surface area contributed by atoms with Crippen LogP contribution in [0.15, 0.2) is 30.3 Å². The lowest BCUT2D eigenvalue weighted by Gasteiger charge is -2.28. The monoisotopic (exact) mass is 337 g/mol. The number of carbonyl (C=O) groups is 2. The van der Waals surface area contributed by atoms with E-state index in [9.17, 15) is 9.59 Å². The van der Waals surface area contributed by atoms with Crippen molar-refractivity contribution < 1.29 is 9.59 Å². The first kappa shape index (κ1) is 17.8. The molecule has 5 nitrogen and oxygen atoms in total. The van der Waals surface area contributed by atoms with E-state index in [0.717, 1.165) is 38.8 Å². The predicted octanol–water partition coefficient (Wildman–Crippen LogP) is 1.58. The van der Waals surface area contributed by atoms with Gasteiger partial charge in [0.1, 0.15) is 6.04 Å². The number of benzene rings is 1. The number of hydrogen-bond donors (Lipinski definition) is 2. The summed E-state index contributed by atoms with van der Waals surface area (Å²) in [5.74, 6) is -0.0458. The zero-order valence-corrected chi connectivity index (χ0v) is 14.0. The Morgan fingerprint density at radius 1 is 1.13 bits per heavy atom. The average molecular weight is 338 g/mol. The van der Waals surface area contributed by atoms with E-state index in [-0.39, 0.29) is 36.3 Å². The Morgan fingerprint density at radius 3 is 2.61 bits per heavy atom. The van der Waals surface area contributed by atoms with Gasteiger partial charge < -0.3 is 15.5 Å². The zero-order chi connectivity index (χ0) is 15.4. The Kier molecular flexibility index (Phi) is 6.42. The summed E-state index contributed by atoms with van der Waals surface area (Å²) in [6, 6.07) is 9.07. The fourth-order valence-electron chi connectivity index (χ4n) is 3.30. The van der Waals surface area contributed by atoms with Gasteiger partial charge in [-0.2, -0.15) is 0 Å². The Labute approximate surface area is 143 Å².